The Kier molecular flexibility index (Phi) is 4.01. The summed E-state index contributed by atoms with van der Waals surface area (Å²) < 4.78 is 10.9. The predicted molar refractivity (Wildman–Crippen MR) is 84.4 cm³/mol. The summed E-state index contributed by atoms with van der Waals surface area (Å²) in [6.45, 7) is 1.87. The molecule has 0 unspecified atom stereocenters. The number of rotatable bonds is 4. The van der Waals surface area contributed by atoms with E-state index in [1.54, 1.807) is 6.21 Å². The molecular formula is C16H19N3O2. The van der Waals surface area contributed by atoms with Crippen molar-refractivity contribution in [2.75, 3.05) is 34.0 Å². The molecule has 2 aliphatic rings. The lowest BCUT2D eigenvalue weighted by atomic mass is 10.1. The Morgan fingerprint density at radius 3 is 2.76 bits per heavy atom. The molecule has 0 radical (unpaired) electrons. The van der Waals surface area contributed by atoms with Crippen LogP contribution in [0.5, 0.6) is 11.5 Å². The van der Waals surface area contributed by atoms with Gasteiger partial charge in [0.25, 0.3) is 0 Å². The van der Waals surface area contributed by atoms with Gasteiger partial charge >= 0.3 is 0 Å². The molecule has 0 aromatic heterocycles. The largest absolute Gasteiger partial charge is 0.454 e. The molecule has 1 aromatic carbocycles. The second-order valence-electron chi connectivity index (χ2n) is 5.34. The van der Waals surface area contributed by atoms with Crippen LogP contribution in [0.4, 0.5) is 5.69 Å². The highest BCUT2D eigenvalue weighted by Gasteiger charge is 2.17. The zero-order valence-electron chi connectivity index (χ0n) is 12.4. The van der Waals surface area contributed by atoms with Gasteiger partial charge in [-0.1, -0.05) is 0 Å². The van der Waals surface area contributed by atoms with Crippen molar-refractivity contribution in [2.24, 2.45) is 9.98 Å². The molecule has 110 valence electrons. The summed E-state index contributed by atoms with van der Waals surface area (Å²) in [6.07, 6.45) is 6.62. The summed E-state index contributed by atoms with van der Waals surface area (Å²) in [5.74, 6) is 1.58. The van der Waals surface area contributed by atoms with Crippen LogP contribution in [-0.4, -0.2) is 50.8 Å². The van der Waals surface area contributed by atoms with Crippen LogP contribution >= 0.6 is 0 Å². The van der Waals surface area contributed by atoms with E-state index in [1.165, 1.54) is 5.56 Å². The van der Waals surface area contributed by atoms with E-state index in [0.29, 0.717) is 6.54 Å². The van der Waals surface area contributed by atoms with Crippen molar-refractivity contribution in [1.82, 2.24) is 4.90 Å². The maximum atomic E-state index is 5.47. The van der Waals surface area contributed by atoms with Crippen molar-refractivity contribution in [2.45, 2.75) is 6.42 Å². The standard InChI is InChI=1S/C16H19N3O2/c1-19(2)7-5-12-8-15-16(21-11-20-15)9-14(12)18-13-4-3-6-17-10-13/h3-4,6,8-9H,5,7,10-11H2,1-2H3. The fourth-order valence-corrected chi connectivity index (χ4v) is 2.26. The molecule has 0 saturated heterocycles. The van der Waals surface area contributed by atoms with Gasteiger partial charge in [-0.05, 0) is 44.3 Å². The molecule has 0 fully saturated rings. The molecule has 1 aromatic rings. The summed E-state index contributed by atoms with van der Waals surface area (Å²) in [6, 6.07) is 4.01. The van der Waals surface area contributed by atoms with Crippen molar-refractivity contribution in [1.29, 1.82) is 0 Å². The van der Waals surface area contributed by atoms with E-state index >= 15 is 0 Å². The molecule has 0 amide bonds. The summed E-state index contributed by atoms with van der Waals surface area (Å²) in [5.41, 5.74) is 3.07. The molecule has 0 N–H and O–H groups in total. The number of benzene rings is 1. The minimum absolute atomic E-state index is 0.284. The van der Waals surface area contributed by atoms with Gasteiger partial charge in [-0.2, -0.15) is 0 Å². The number of hydrogen-bond acceptors (Lipinski definition) is 5. The molecule has 3 rings (SSSR count). The number of ether oxygens (including phenoxy) is 2. The molecule has 2 heterocycles. The molecule has 0 spiro atoms. The smallest absolute Gasteiger partial charge is 0.231 e. The van der Waals surface area contributed by atoms with E-state index in [0.717, 1.165) is 35.9 Å². The van der Waals surface area contributed by atoms with Crippen LogP contribution in [0.2, 0.25) is 0 Å². The lowest BCUT2D eigenvalue weighted by Gasteiger charge is -2.12. The number of nitrogens with zero attached hydrogens (tertiary/aromatic N) is 3. The Hall–Kier alpha value is -2.14. The van der Waals surface area contributed by atoms with Gasteiger partial charge in [-0.25, -0.2) is 0 Å². The summed E-state index contributed by atoms with van der Waals surface area (Å²) in [5, 5.41) is 0. The number of fused-ring (bicyclic) bond motifs is 1. The molecule has 5 nitrogen and oxygen atoms in total. The second kappa shape index (κ2) is 6.10. The Morgan fingerprint density at radius 2 is 2.05 bits per heavy atom. The summed E-state index contributed by atoms with van der Waals surface area (Å²) in [4.78, 5) is 11.1. The molecule has 5 heteroatoms. The van der Waals surface area contributed by atoms with Crippen molar-refractivity contribution in [3.05, 3.63) is 29.8 Å². The molecule has 2 aliphatic heterocycles. The summed E-state index contributed by atoms with van der Waals surface area (Å²) in [7, 11) is 4.13. The third kappa shape index (κ3) is 3.31. The SMILES string of the molecule is CN(C)CCc1cc2c(cc1N=C1C=CC=NC1)OCO2. The van der Waals surface area contributed by atoms with E-state index < -0.39 is 0 Å². The van der Waals surface area contributed by atoms with Crippen molar-refractivity contribution >= 4 is 17.6 Å². The van der Waals surface area contributed by atoms with E-state index in [1.807, 2.05) is 24.3 Å². The van der Waals surface area contributed by atoms with Gasteiger partial charge in [0, 0.05) is 18.8 Å². The number of dihydropyridines is 1. The molecule has 21 heavy (non-hydrogen) atoms. The number of hydrogen-bond donors (Lipinski definition) is 0. The Morgan fingerprint density at radius 1 is 1.24 bits per heavy atom. The van der Waals surface area contributed by atoms with Gasteiger partial charge in [0.1, 0.15) is 0 Å². The fourth-order valence-electron chi connectivity index (χ4n) is 2.26. The molecule has 0 bridgehead atoms. The first-order chi connectivity index (χ1) is 10.2. The molecule has 0 aliphatic carbocycles. The molecular weight excluding hydrogens is 266 g/mol. The van der Waals surface area contributed by atoms with Gasteiger partial charge in [0.2, 0.25) is 6.79 Å². The quantitative estimate of drug-likeness (QED) is 0.852. The van der Waals surface area contributed by atoms with E-state index in [9.17, 15) is 0 Å². The van der Waals surface area contributed by atoms with Crippen molar-refractivity contribution in [3.63, 3.8) is 0 Å². The minimum Gasteiger partial charge on any atom is -0.454 e. The average Bonchev–Trinajstić information content (AvgIpc) is 2.93. The highest BCUT2D eigenvalue weighted by molar-refractivity contribution is 6.03. The van der Waals surface area contributed by atoms with Crippen LogP contribution in [0.1, 0.15) is 5.56 Å². The average molecular weight is 285 g/mol. The van der Waals surface area contributed by atoms with Crippen LogP contribution in [0.25, 0.3) is 0 Å². The number of likely N-dealkylation sites (N-methyl/N-ethyl adjacent to an activating group) is 1. The normalized spacial score (nSPS) is 18.0. The third-order valence-corrected chi connectivity index (χ3v) is 3.40. The van der Waals surface area contributed by atoms with Gasteiger partial charge < -0.3 is 14.4 Å². The van der Waals surface area contributed by atoms with Crippen molar-refractivity contribution in [3.8, 4) is 11.5 Å². The van der Waals surface area contributed by atoms with Crippen LogP contribution in [0.15, 0.2) is 34.3 Å². The van der Waals surface area contributed by atoms with Gasteiger partial charge in [0.05, 0.1) is 17.9 Å². The van der Waals surface area contributed by atoms with E-state index in [2.05, 4.69) is 24.0 Å². The second-order valence-corrected chi connectivity index (χ2v) is 5.34. The topological polar surface area (TPSA) is 46.4 Å². The lowest BCUT2D eigenvalue weighted by molar-refractivity contribution is 0.174. The van der Waals surface area contributed by atoms with Crippen LogP contribution in [-0.2, 0) is 6.42 Å². The first-order valence-corrected chi connectivity index (χ1v) is 7.04. The lowest BCUT2D eigenvalue weighted by Crippen LogP contribution is -2.15. The Balaban J connectivity index is 1.92. The zero-order valence-corrected chi connectivity index (χ0v) is 12.4. The van der Waals surface area contributed by atoms with Gasteiger partial charge in [0.15, 0.2) is 11.5 Å². The zero-order chi connectivity index (χ0) is 14.7. The van der Waals surface area contributed by atoms with Crippen LogP contribution in [0.3, 0.4) is 0 Å². The maximum Gasteiger partial charge on any atom is 0.231 e. The number of allylic oxidation sites excluding steroid dienone is 1. The first-order valence-electron chi connectivity index (χ1n) is 7.04. The molecule has 0 atom stereocenters. The van der Waals surface area contributed by atoms with Crippen LogP contribution in [0, 0.1) is 0 Å². The summed E-state index contributed by atoms with van der Waals surface area (Å²) >= 11 is 0. The predicted octanol–water partition coefficient (Wildman–Crippen LogP) is 2.23. The molecule has 0 saturated carbocycles. The van der Waals surface area contributed by atoms with Gasteiger partial charge in [-0.15, -0.1) is 0 Å². The maximum absolute atomic E-state index is 5.47. The Bertz CT molecular complexity index is 618. The number of aliphatic imine (C=N–C) groups is 2. The minimum atomic E-state index is 0.284. The highest BCUT2D eigenvalue weighted by Crippen LogP contribution is 2.38. The van der Waals surface area contributed by atoms with Crippen LogP contribution < -0.4 is 9.47 Å². The van der Waals surface area contributed by atoms with Gasteiger partial charge in [-0.3, -0.25) is 9.98 Å². The monoisotopic (exact) mass is 285 g/mol. The highest BCUT2D eigenvalue weighted by atomic mass is 16.7. The third-order valence-electron chi connectivity index (χ3n) is 3.40. The fraction of sp³-hybridized carbons (Fsp3) is 0.375. The van der Waals surface area contributed by atoms with E-state index in [-0.39, 0.29) is 6.79 Å². The first kappa shape index (κ1) is 13.8. The Labute approximate surface area is 124 Å². The van der Waals surface area contributed by atoms with Crippen molar-refractivity contribution < 1.29 is 9.47 Å². The van der Waals surface area contributed by atoms with E-state index in [4.69, 9.17) is 14.5 Å².